The van der Waals surface area contributed by atoms with Crippen molar-refractivity contribution >= 4 is 0 Å². The maximum absolute atomic E-state index is 10.1. The Bertz CT molecular complexity index is 248. The Morgan fingerprint density at radius 2 is 2.46 bits per heavy atom. The van der Waals surface area contributed by atoms with Gasteiger partial charge in [0.2, 0.25) is 6.54 Å². The van der Waals surface area contributed by atoms with E-state index in [1.54, 1.807) is 0 Å². The molecular formula is C8H13N3O2. The van der Waals surface area contributed by atoms with Gasteiger partial charge in [-0.15, -0.1) is 0 Å². The zero-order valence-electron chi connectivity index (χ0n) is 7.27. The van der Waals surface area contributed by atoms with Gasteiger partial charge >= 0.3 is 0 Å². The van der Waals surface area contributed by atoms with Crippen molar-refractivity contribution in [1.29, 1.82) is 0 Å². The Hall–Kier alpha value is -1.36. The molecule has 0 bridgehead atoms. The van der Waals surface area contributed by atoms with E-state index in [9.17, 15) is 10.1 Å². The third kappa shape index (κ3) is 3.71. The van der Waals surface area contributed by atoms with Crippen molar-refractivity contribution in [3.63, 3.8) is 0 Å². The summed E-state index contributed by atoms with van der Waals surface area (Å²) in [6.45, 7) is -0.249. The van der Waals surface area contributed by atoms with E-state index in [0.717, 1.165) is 18.5 Å². The molecule has 0 aromatic heterocycles. The third-order valence-corrected chi connectivity index (χ3v) is 1.72. The number of hydrogen-bond donors (Lipinski definition) is 2. The van der Waals surface area contributed by atoms with E-state index in [4.69, 9.17) is 5.73 Å². The highest BCUT2D eigenvalue weighted by atomic mass is 16.6. The zero-order chi connectivity index (χ0) is 9.68. The normalized spacial score (nSPS) is 17.8. The smallest absolute Gasteiger partial charge is 0.236 e. The minimum absolute atomic E-state index is 0.249. The fourth-order valence-electron chi connectivity index (χ4n) is 1.16. The van der Waals surface area contributed by atoms with Crippen molar-refractivity contribution in [3.05, 3.63) is 34.0 Å². The summed E-state index contributed by atoms with van der Waals surface area (Å²) < 4.78 is 0. The molecule has 0 amide bonds. The van der Waals surface area contributed by atoms with E-state index < -0.39 is 11.1 Å². The van der Waals surface area contributed by atoms with Crippen LogP contribution in [0.2, 0.25) is 0 Å². The molecule has 13 heavy (non-hydrogen) atoms. The molecule has 0 saturated heterocycles. The molecule has 0 aromatic rings. The second-order valence-corrected chi connectivity index (χ2v) is 2.91. The second-order valence-electron chi connectivity index (χ2n) is 2.91. The van der Waals surface area contributed by atoms with Crippen molar-refractivity contribution in [2.75, 3.05) is 6.54 Å². The highest BCUT2D eigenvalue weighted by Crippen LogP contribution is 2.07. The van der Waals surface area contributed by atoms with Crippen LogP contribution in [-0.4, -0.2) is 17.6 Å². The molecule has 3 N–H and O–H groups in total. The average molecular weight is 183 g/mol. The number of nitrogens with two attached hydrogens (primary N) is 1. The highest BCUT2D eigenvalue weighted by Gasteiger charge is 2.10. The molecule has 1 aliphatic rings. The summed E-state index contributed by atoms with van der Waals surface area (Å²) in [4.78, 5) is 9.68. The van der Waals surface area contributed by atoms with Crippen LogP contribution >= 0.6 is 0 Å². The Kier molecular flexibility index (Phi) is 3.45. The molecule has 1 rings (SSSR count). The van der Waals surface area contributed by atoms with Gasteiger partial charge < -0.3 is 11.1 Å². The first-order valence-corrected chi connectivity index (χ1v) is 4.16. The van der Waals surface area contributed by atoms with E-state index in [0.29, 0.717) is 0 Å². The molecule has 0 aromatic carbocycles. The van der Waals surface area contributed by atoms with Gasteiger partial charge in [0.1, 0.15) is 6.17 Å². The van der Waals surface area contributed by atoms with Crippen molar-refractivity contribution in [1.82, 2.24) is 5.32 Å². The summed E-state index contributed by atoms with van der Waals surface area (Å²) in [6.07, 6.45) is 7.11. The van der Waals surface area contributed by atoms with Crippen molar-refractivity contribution in [2.45, 2.75) is 19.0 Å². The number of nitrogens with zero attached hydrogens (tertiary/aromatic N) is 1. The van der Waals surface area contributed by atoms with E-state index in [1.807, 2.05) is 18.2 Å². The molecule has 1 atom stereocenters. The number of hydrogen-bond acceptors (Lipinski definition) is 4. The molecule has 0 saturated carbocycles. The molecule has 1 unspecified atom stereocenters. The molecule has 0 heterocycles. The fourth-order valence-corrected chi connectivity index (χ4v) is 1.16. The Morgan fingerprint density at radius 1 is 1.69 bits per heavy atom. The van der Waals surface area contributed by atoms with Crippen molar-refractivity contribution in [2.24, 2.45) is 5.73 Å². The van der Waals surface area contributed by atoms with Gasteiger partial charge in [-0.2, -0.15) is 0 Å². The summed E-state index contributed by atoms with van der Waals surface area (Å²) in [5.41, 5.74) is 6.46. The molecule has 5 nitrogen and oxygen atoms in total. The van der Waals surface area contributed by atoms with Crippen LogP contribution in [0.3, 0.4) is 0 Å². The summed E-state index contributed by atoms with van der Waals surface area (Å²) >= 11 is 0. The molecule has 0 fully saturated rings. The van der Waals surface area contributed by atoms with Crippen LogP contribution in [0.15, 0.2) is 23.9 Å². The summed E-state index contributed by atoms with van der Waals surface area (Å²) in [5, 5.41) is 13.0. The van der Waals surface area contributed by atoms with Crippen LogP contribution in [-0.2, 0) is 0 Å². The van der Waals surface area contributed by atoms with Crippen molar-refractivity contribution < 1.29 is 4.92 Å². The Balaban J connectivity index is 2.31. The SMILES string of the molecule is NC(C[N+](=O)[O-])NC1=CCC=CC1. The first-order chi connectivity index (χ1) is 6.18. The standard InChI is InChI=1S/C8H13N3O2/c9-8(6-11(12)13)10-7-4-2-1-3-5-7/h1-2,5,8,10H,3-4,6,9H2. The van der Waals surface area contributed by atoms with Crippen molar-refractivity contribution in [3.8, 4) is 0 Å². The first-order valence-electron chi connectivity index (χ1n) is 4.16. The van der Waals surface area contributed by atoms with E-state index in [-0.39, 0.29) is 6.54 Å². The van der Waals surface area contributed by atoms with E-state index in [1.165, 1.54) is 0 Å². The van der Waals surface area contributed by atoms with E-state index in [2.05, 4.69) is 5.32 Å². The quantitative estimate of drug-likeness (QED) is 0.285. The lowest BCUT2D eigenvalue weighted by atomic mass is 10.1. The average Bonchev–Trinajstić information content (AvgIpc) is 2.04. The Morgan fingerprint density at radius 3 is 3.00 bits per heavy atom. The maximum atomic E-state index is 10.1. The summed E-state index contributed by atoms with van der Waals surface area (Å²) in [5.74, 6) is 0. The minimum Gasteiger partial charge on any atom is -0.368 e. The van der Waals surface area contributed by atoms with E-state index >= 15 is 0 Å². The second kappa shape index (κ2) is 4.61. The van der Waals surface area contributed by atoms with Crippen LogP contribution in [0.5, 0.6) is 0 Å². The molecule has 5 heteroatoms. The maximum Gasteiger partial charge on any atom is 0.236 e. The van der Waals surface area contributed by atoms with Gasteiger partial charge in [-0.05, 0) is 6.42 Å². The van der Waals surface area contributed by atoms with Crippen LogP contribution < -0.4 is 11.1 Å². The lowest BCUT2D eigenvalue weighted by Crippen LogP contribution is -2.42. The van der Waals surface area contributed by atoms with Gasteiger partial charge in [-0.1, -0.05) is 18.2 Å². The molecule has 0 radical (unpaired) electrons. The number of nitrogens with one attached hydrogen (secondary N) is 1. The molecule has 1 aliphatic carbocycles. The lowest BCUT2D eigenvalue weighted by Gasteiger charge is -2.15. The summed E-state index contributed by atoms with van der Waals surface area (Å²) in [7, 11) is 0. The molecule has 0 spiro atoms. The summed E-state index contributed by atoms with van der Waals surface area (Å²) in [6, 6.07) is 0. The fraction of sp³-hybridized carbons (Fsp3) is 0.500. The van der Waals surface area contributed by atoms with Gasteiger partial charge in [-0.3, -0.25) is 10.1 Å². The topological polar surface area (TPSA) is 81.2 Å². The number of allylic oxidation sites excluding steroid dienone is 3. The van der Waals surface area contributed by atoms with Crippen LogP contribution in [0.4, 0.5) is 0 Å². The predicted octanol–water partition coefficient (Wildman–Crippen LogP) is 0.371. The third-order valence-electron chi connectivity index (χ3n) is 1.72. The van der Waals surface area contributed by atoms with Gasteiger partial charge in [0.25, 0.3) is 0 Å². The number of rotatable bonds is 4. The first kappa shape index (κ1) is 9.73. The number of nitro groups is 1. The monoisotopic (exact) mass is 183 g/mol. The largest absolute Gasteiger partial charge is 0.368 e. The van der Waals surface area contributed by atoms with Crippen LogP contribution in [0.25, 0.3) is 0 Å². The highest BCUT2D eigenvalue weighted by molar-refractivity contribution is 5.13. The molecular weight excluding hydrogens is 170 g/mol. The van der Waals surface area contributed by atoms with Gasteiger partial charge in [0.15, 0.2) is 0 Å². The predicted molar refractivity (Wildman–Crippen MR) is 49.4 cm³/mol. The van der Waals surface area contributed by atoms with Crippen LogP contribution in [0.1, 0.15) is 12.8 Å². The minimum atomic E-state index is -0.590. The van der Waals surface area contributed by atoms with Crippen LogP contribution in [0, 0.1) is 10.1 Å². The lowest BCUT2D eigenvalue weighted by molar-refractivity contribution is -0.483. The van der Waals surface area contributed by atoms with Gasteiger partial charge in [0, 0.05) is 17.0 Å². The van der Waals surface area contributed by atoms with Gasteiger partial charge in [-0.25, -0.2) is 0 Å². The molecule has 0 aliphatic heterocycles. The molecule has 72 valence electrons. The van der Waals surface area contributed by atoms with Gasteiger partial charge in [0.05, 0.1) is 0 Å². The zero-order valence-corrected chi connectivity index (χ0v) is 7.27. The Labute approximate surface area is 76.5 Å².